The van der Waals surface area contributed by atoms with Gasteiger partial charge in [0.1, 0.15) is 0 Å². The summed E-state index contributed by atoms with van der Waals surface area (Å²) < 4.78 is 1.91. The lowest BCUT2D eigenvalue weighted by molar-refractivity contribution is -0.507. The molecular formula is C25H27N2O2S+. The summed E-state index contributed by atoms with van der Waals surface area (Å²) in [5.74, 6) is 0.147. The Morgan fingerprint density at radius 1 is 1.20 bits per heavy atom. The molecular weight excluding hydrogens is 392 g/mol. The van der Waals surface area contributed by atoms with Crippen molar-refractivity contribution >= 4 is 39.2 Å². The van der Waals surface area contributed by atoms with Gasteiger partial charge in [0.2, 0.25) is 11.6 Å². The first kappa shape index (κ1) is 20.5. The van der Waals surface area contributed by atoms with Gasteiger partial charge in [0, 0.05) is 29.9 Å². The molecule has 4 nitrogen and oxygen atoms in total. The van der Waals surface area contributed by atoms with Gasteiger partial charge in [-0.2, -0.15) is 0 Å². The highest BCUT2D eigenvalue weighted by Gasteiger charge is 2.39. The molecule has 0 saturated carbocycles. The van der Waals surface area contributed by atoms with Crippen LogP contribution in [0.1, 0.15) is 19.4 Å². The smallest absolute Gasteiger partial charge is 0.369 e. The van der Waals surface area contributed by atoms with Gasteiger partial charge in [-0.25, -0.2) is 9.37 Å². The third kappa shape index (κ3) is 3.70. The zero-order chi connectivity index (χ0) is 21.3. The fourth-order valence-electron chi connectivity index (χ4n) is 4.48. The third-order valence-corrected chi connectivity index (χ3v) is 6.94. The molecule has 4 rings (SSSR count). The first-order valence-electron chi connectivity index (χ1n) is 10.2. The molecule has 0 bridgehead atoms. The maximum atomic E-state index is 11.0. The van der Waals surface area contributed by atoms with Crippen LogP contribution in [0.4, 0.5) is 5.69 Å². The van der Waals surface area contributed by atoms with Gasteiger partial charge in [-0.3, -0.25) is 0 Å². The zero-order valence-electron chi connectivity index (χ0n) is 17.6. The highest BCUT2D eigenvalue weighted by molar-refractivity contribution is 8.14. The second-order valence-corrected chi connectivity index (χ2v) is 9.28. The summed E-state index contributed by atoms with van der Waals surface area (Å²) in [6, 6.07) is 13.0. The summed E-state index contributed by atoms with van der Waals surface area (Å²) in [6.07, 6.45) is 10.3. The first-order chi connectivity index (χ1) is 14.4. The van der Waals surface area contributed by atoms with Gasteiger partial charge in [-0.1, -0.05) is 74.2 Å². The Morgan fingerprint density at radius 3 is 2.80 bits per heavy atom. The van der Waals surface area contributed by atoms with Gasteiger partial charge in [0.25, 0.3) is 0 Å². The number of hydrogen-bond donors (Lipinski definition) is 1. The van der Waals surface area contributed by atoms with Crippen molar-refractivity contribution in [3.8, 4) is 0 Å². The number of carbonyl (C=O) groups is 1. The van der Waals surface area contributed by atoms with Crippen molar-refractivity contribution in [2.24, 2.45) is 0 Å². The van der Waals surface area contributed by atoms with Crippen LogP contribution in [0.25, 0.3) is 10.8 Å². The molecule has 0 aliphatic carbocycles. The van der Waals surface area contributed by atoms with E-state index in [0.717, 1.165) is 17.3 Å². The number of thioether (sulfide) groups is 1. The van der Waals surface area contributed by atoms with Crippen LogP contribution in [0.3, 0.4) is 0 Å². The number of allylic oxidation sites excluding steroid dienone is 5. The number of likely N-dealkylation sites (N-methyl/N-ethyl adjacent to an activating group) is 1. The number of carboxylic acid groups (broad SMARTS) is 1. The Morgan fingerprint density at radius 2 is 2.00 bits per heavy atom. The van der Waals surface area contributed by atoms with E-state index in [4.69, 9.17) is 5.11 Å². The average molecular weight is 420 g/mol. The lowest BCUT2D eigenvalue weighted by Gasteiger charge is -2.24. The van der Waals surface area contributed by atoms with Gasteiger partial charge in [0.15, 0.2) is 6.54 Å². The number of carboxylic acids is 1. The van der Waals surface area contributed by atoms with Crippen molar-refractivity contribution in [3.05, 3.63) is 78.0 Å². The van der Waals surface area contributed by atoms with Crippen LogP contribution < -0.4 is 4.90 Å². The summed E-state index contributed by atoms with van der Waals surface area (Å²) in [4.78, 5) is 13.3. The van der Waals surface area contributed by atoms with Crippen LogP contribution in [0.15, 0.2) is 72.5 Å². The number of aliphatic carboxylic acids is 1. The van der Waals surface area contributed by atoms with Gasteiger partial charge in [0.05, 0.1) is 5.75 Å². The Kier molecular flexibility index (Phi) is 5.56. The second-order valence-electron chi connectivity index (χ2n) is 8.16. The quantitative estimate of drug-likeness (QED) is 0.558. The van der Waals surface area contributed by atoms with Crippen LogP contribution in [-0.2, 0) is 10.2 Å². The fourth-order valence-corrected chi connectivity index (χ4v) is 5.51. The predicted octanol–water partition coefficient (Wildman–Crippen LogP) is 4.81. The minimum absolute atomic E-state index is 0.0611. The molecule has 0 fully saturated rings. The predicted molar refractivity (Wildman–Crippen MR) is 127 cm³/mol. The van der Waals surface area contributed by atoms with Crippen molar-refractivity contribution in [1.82, 2.24) is 0 Å². The largest absolute Gasteiger partial charge is 0.477 e. The highest BCUT2D eigenvalue weighted by Crippen LogP contribution is 2.49. The number of fused-ring (bicyclic) bond motifs is 3. The maximum absolute atomic E-state index is 11.0. The van der Waals surface area contributed by atoms with Gasteiger partial charge >= 0.3 is 5.97 Å². The normalized spacial score (nSPS) is 19.7. The monoisotopic (exact) mass is 419 g/mol. The summed E-state index contributed by atoms with van der Waals surface area (Å²) in [5.41, 5.74) is 3.80. The maximum Gasteiger partial charge on any atom is 0.369 e. The van der Waals surface area contributed by atoms with Crippen LogP contribution in [-0.4, -0.2) is 46.6 Å². The SMILES string of the molecule is CN1C(=CC=CC=CC2=[N+](CC(=O)O)CCS2)C(C)(C)c2c1ccc1ccccc21. The van der Waals surface area contributed by atoms with Crippen molar-refractivity contribution in [3.63, 3.8) is 0 Å². The molecule has 5 heteroatoms. The second kappa shape index (κ2) is 8.15. The Hall–Kier alpha value is -2.79. The Balaban J connectivity index is 1.58. The molecule has 30 heavy (non-hydrogen) atoms. The van der Waals surface area contributed by atoms with E-state index in [0.29, 0.717) is 0 Å². The molecule has 154 valence electrons. The van der Waals surface area contributed by atoms with E-state index in [2.05, 4.69) is 74.3 Å². The summed E-state index contributed by atoms with van der Waals surface area (Å²) in [6.45, 7) is 5.42. The highest BCUT2D eigenvalue weighted by atomic mass is 32.2. The van der Waals surface area contributed by atoms with E-state index in [-0.39, 0.29) is 12.0 Å². The zero-order valence-corrected chi connectivity index (χ0v) is 18.4. The molecule has 0 radical (unpaired) electrons. The molecule has 2 aromatic carbocycles. The van der Waals surface area contributed by atoms with Gasteiger partial charge in [-0.15, -0.1) is 0 Å². The van der Waals surface area contributed by atoms with Gasteiger partial charge in [-0.05, 0) is 28.5 Å². The molecule has 0 aromatic heterocycles. The van der Waals surface area contributed by atoms with Crippen LogP contribution >= 0.6 is 11.8 Å². The molecule has 0 saturated heterocycles. The first-order valence-corrected chi connectivity index (χ1v) is 11.2. The molecule has 2 aliphatic rings. The van der Waals surface area contributed by atoms with E-state index >= 15 is 0 Å². The summed E-state index contributed by atoms with van der Waals surface area (Å²) in [5, 5.41) is 12.6. The van der Waals surface area contributed by atoms with Crippen molar-refractivity contribution < 1.29 is 14.5 Å². The van der Waals surface area contributed by atoms with E-state index in [9.17, 15) is 4.79 Å². The van der Waals surface area contributed by atoms with Crippen molar-refractivity contribution in [2.45, 2.75) is 19.3 Å². The minimum Gasteiger partial charge on any atom is -0.477 e. The Labute approximate surface area is 181 Å². The Bertz CT molecular complexity index is 1130. The number of benzene rings is 2. The summed E-state index contributed by atoms with van der Waals surface area (Å²) in [7, 11) is 2.13. The molecule has 0 spiro atoms. The van der Waals surface area contributed by atoms with Crippen LogP contribution in [0.5, 0.6) is 0 Å². The third-order valence-electron chi connectivity index (χ3n) is 5.86. The molecule has 0 unspecified atom stereocenters. The molecule has 2 aliphatic heterocycles. The fraction of sp³-hybridized carbons (Fsp3) is 0.280. The molecule has 1 N–H and O–H groups in total. The van der Waals surface area contributed by atoms with E-state index in [1.807, 2.05) is 22.8 Å². The lowest BCUT2D eigenvalue weighted by Crippen LogP contribution is -2.22. The number of rotatable bonds is 5. The molecule has 2 aromatic rings. The minimum atomic E-state index is -0.790. The average Bonchev–Trinajstić information content (AvgIpc) is 3.22. The van der Waals surface area contributed by atoms with Crippen molar-refractivity contribution in [1.29, 1.82) is 0 Å². The number of hydrogen-bond acceptors (Lipinski definition) is 3. The molecule has 2 heterocycles. The molecule has 0 amide bonds. The van der Waals surface area contributed by atoms with E-state index in [1.54, 1.807) is 11.8 Å². The lowest BCUT2D eigenvalue weighted by atomic mass is 9.81. The van der Waals surface area contributed by atoms with Crippen molar-refractivity contribution in [2.75, 3.05) is 30.8 Å². The number of anilines is 1. The van der Waals surface area contributed by atoms with Crippen LogP contribution in [0.2, 0.25) is 0 Å². The van der Waals surface area contributed by atoms with E-state index in [1.165, 1.54) is 27.7 Å². The summed E-state index contributed by atoms with van der Waals surface area (Å²) >= 11 is 1.70. The number of nitrogens with zero attached hydrogens (tertiary/aromatic N) is 2. The van der Waals surface area contributed by atoms with Gasteiger partial charge < -0.3 is 10.0 Å². The molecule has 0 atom stereocenters. The van der Waals surface area contributed by atoms with Crippen LogP contribution in [0, 0.1) is 0 Å². The van der Waals surface area contributed by atoms with E-state index < -0.39 is 5.97 Å². The topological polar surface area (TPSA) is 43.5 Å². The standard InChI is InChI=1S/C25H26N2O2S/c1-25(2)21(11-5-4-6-12-22-27(15-16-30-22)17-23(28)29)26(3)20-14-13-18-9-7-8-10-19(18)24(20)25/h4-14H,15-17H2,1-3H3/p+1.